The standard InChI is InChI=1S/C23H17ClN2O3/c24-18-11-12-20(21(27)13-18)23(28)29-15-17-14-26(19-9-5-2-6-10-19)25-22(17)16-7-3-1-4-8-16/h1-14,27H,15H2. The van der Waals surface area contributed by atoms with Crippen LogP contribution in [-0.2, 0) is 11.3 Å². The lowest BCUT2D eigenvalue weighted by Gasteiger charge is -2.07. The van der Waals surface area contributed by atoms with E-state index < -0.39 is 5.97 Å². The topological polar surface area (TPSA) is 64.4 Å². The summed E-state index contributed by atoms with van der Waals surface area (Å²) >= 11 is 5.82. The second-order valence-electron chi connectivity index (χ2n) is 6.39. The highest BCUT2D eigenvalue weighted by Gasteiger charge is 2.17. The first-order valence-electron chi connectivity index (χ1n) is 8.97. The van der Waals surface area contributed by atoms with Gasteiger partial charge in [0, 0.05) is 22.3 Å². The third kappa shape index (κ3) is 4.15. The lowest BCUT2D eigenvalue weighted by atomic mass is 10.1. The van der Waals surface area contributed by atoms with Gasteiger partial charge in [0.05, 0.1) is 11.4 Å². The van der Waals surface area contributed by atoms with Crippen molar-refractivity contribution in [2.45, 2.75) is 6.61 Å². The lowest BCUT2D eigenvalue weighted by molar-refractivity contribution is 0.0470. The SMILES string of the molecule is O=C(OCc1cn(-c2ccccc2)nc1-c1ccccc1)c1ccc(Cl)cc1O. The van der Waals surface area contributed by atoms with Crippen LogP contribution in [0.25, 0.3) is 16.9 Å². The number of hydrogen-bond acceptors (Lipinski definition) is 4. The minimum atomic E-state index is -0.634. The number of aromatic nitrogens is 2. The van der Waals surface area contributed by atoms with E-state index in [0.29, 0.717) is 5.02 Å². The van der Waals surface area contributed by atoms with Gasteiger partial charge in [-0.15, -0.1) is 0 Å². The van der Waals surface area contributed by atoms with Crippen molar-refractivity contribution in [1.82, 2.24) is 9.78 Å². The highest BCUT2D eigenvalue weighted by molar-refractivity contribution is 6.30. The van der Waals surface area contributed by atoms with E-state index in [1.165, 1.54) is 18.2 Å². The number of hydrogen-bond donors (Lipinski definition) is 1. The molecule has 0 aliphatic carbocycles. The van der Waals surface area contributed by atoms with Crippen LogP contribution in [0.2, 0.25) is 5.02 Å². The smallest absolute Gasteiger partial charge is 0.342 e. The molecular formula is C23H17ClN2O3. The maximum absolute atomic E-state index is 12.4. The average molecular weight is 405 g/mol. The van der Waals surface area contributed by atoms with E-state index >= 15 is 0 Å². The zero-order valence-corrected chi connectivity index (χ0v) is 16.1. The summed E-state index contributed by atoms with van der Waals surface area (Å²) in [4.78, 5) is 12.4. The molecule has 0 unspecified atom stereocenters. The Bertz CT molecular complexity index is 1140. The molecule has 0 aliphatic rings. The summed E-state index contributed by atoms with van der Waals surface area (Å²) in [6.07, 6.45) is 1.84. The predicted octanol–water partition coefficient (Wildman–Crippen LogP) is 5.26. The summed E-state index contributed by atoms with van der Waals surface area (Å²) in [6.45, 7) is 0.0119. The number of esters is 1. The monoisotopic (exact) mass is 404 g/mol. The fourth-order valence-corrected chi connectivity index (χ4v) is 3.13. The molecule has 0 spiro atoms. The van der Waals surface area contributed by atoms with Crippen LogP contribution in [0.1, 0.15) is 15.9 Å². The Morgan fingerprint density at radius 3 is 2.38 bits per heavy atom. The van der Waals surface area contributed by atoms with Crippen molar-refractivity contribution in [2.75, 3.05) is 0 Å². The van der Waals surface area contributed by atoms with Gasteiger partial charge in [0.1, 0.15) is 17.9 Å². The molecule has 1 heterocycles. The number of benzene rings is 3. The number of carbonyl (C=O) groups is 1. The third-order valence-electron chi connectivity index (χ3n) is 4.40. The normalized spacial score (nSPS) is 10.7. The first kappa shape index (κ1) is 18.8. The van der Waals surface area contributed by atoms with Crippen LogP contribution in [0.4, 0.5) is 0 Å². The maximum atomic E-state index is 12.4. The maximum Gasteiger partial charge on any atom is 0.342 e. The van der Waals surface area contributed by atoms with Crippen molar-refractivity contribution >= 4 is 17.6 Å². The number of rotatable bonds is 5. The number of ether oxygens (including phenoxy) is 1. The first-order chi connectivity index (χ1) is 14.1. The van der Waals surface area contributed by atoms with Gasteiger partial charge in [0.15, 0.2) is 0 Å². The number of para-hydroxylation sites is 1. The molecule has 6 heteroatoms. The van der Waals surface area contributed by atoms with Gasteiger partial charge in [0.2, 0.25) is 0 Å². The summed E-state index contributed by atoms with van der Waals surface area (Å²) in [5.41, 5.74) is 3.36. The molecule has 4 rings (SSSR count). The minimum absolute atomic E-state index is 0.0119. The summed E-state index contributed by atoms with van der Waals surface area (Å²) in [6, 6.07) is 23.7. The zero-order valence-electron chi connectivity index (χ0n) is 15.3. The quantitative estimate of drug-likeness (QED) is 0.461. The van der Waals surface area contributed by atoms with E-state index in [4.69, 9.17) is 16.3 Å². The van der Waals surface area contributed by atoms with E-state index in [1.807, 2.05) is 66.9 Å². The van der Waals surface area contributed by atoms with Crippen molar-refractivity contribution < 1.29 is 14.6 Å². The van der Waals surface area contributed by atoms with Crippen LogP contribution >= 0.6 is 11.6 Å². The van der Waals surface area contributed by atoms with Gasteiger partial charge in [-0.2, -0.15) is 5.10 Å². The van der Waals surface area contributed by atoms with Crippen LogP contribution < -0.4 is 0 Å². The van der Waals surface area contributed by atoms with E-state index in [9.17, 15) is 9.90 Å². The van der Waals surface area contributed by atoms with Gasteiger partial charge in [-0.3, -0.25) is 0 Å². The van der Waals surface area contributed by atoms with Crippen LogP contribution in [0.5, 0.6) is 5.75 Å². The molecule has 0 bridgehead atoms. The number of phenolic OH excluding ortho intramolecular Hbond substituents is 1. The number of aromatic hydroxyl groups is 1. The first-order valence-corrected chi connectivity index (χ1v) is 9.34. The molecule has 3 aromatic carbocycles. The van der Waals surface area contributed by atoms with Crippen LogP contribution in [0.3, 0.4) is 0 Å². The summed E-state index contributed by atoms with van der Waals surface area (Å²) in [5.74, 6) is -0.851. The fraction of sp³-hybridized carbons (Fsp3) is 0.0435. The Hall–Kier alpha value is -3.57. The molecule has 0 saturated heterocycles. The van der Waals surface area contributed by atoms with Gasteiger partial charge >= 0.3 is 5.97 Å². The van der Waals surface area contributed by atoms with Crippen LogP contribution in [-0.4, -0.2) is 20.9 Å². The van der Waals surface area contributed by atoms with Crippen LogP contribution in [0.15, 0.2) is 85.1 Å². The van der Waals surface area contributed by atoms with E-state index in [-0.39, 0.29) is 17.9 Å². The molecule has 29 heavy (non-hydrogen) atoms. The van der Waals surface area contributed by atoms with Crippen molar-refractivity contribution in [3.05, 3.63) is 101 Å². The zero-order chi connectivity index (χ0) is 20.2. The van der Waals surface area contributed by atoms with E-state index in [1.54, 1.807) is 4.68 Å². The molecule has 0 radical (unpaired) electrons. The molecule has 0 aliphatic heterocycles. The molecule has 144 valence electrons. The number of halogens is 1. The summed E-state index contributed by atoms with van der Waals surface area (Å²) in [7, 11) is 0. The molecule has 0 fully saturated rings. The van der Waals surface area contributed by atoms with E-state index in [0.717, 1.165) is 22.5 Å². The minimum Gasteiger partial charge on any atom is -0.507 e. The Kier molecular flexibility index (Phi) is 5.31. The second kappa shape index (κ2) is 8.20. The van der Waals surface area contributed by atoms with Gasteiger partial charge < -0.3 is 9.84 Å². The van der Waals surface area contributed by atoms with Gasteiger partial charge in [-0.05, 0) is 30.3 Å². The van der Waals surface area contributed by atoms with Gasteiger partial charge in [-0.25, -0.2) is 9.48 Å². The molecule has 0 saturated carbocycles. The largest absolute Gasteiger partial charge is 0.507 e. The highest BCUT2D eigenvalue weighted by Crippen LogP contribution is 2.26. The lowest BCUT2D eigenvalue weighted by Crippen LogP contribution is -2.05. The van der Waals surface area contributed by atoms with E-state index in [2.05, 4.69) is 5.10 Å². The third-order valence-corrected chi connectivity index (χ3v) is 4.63. The average Bonchev–Trinajstić information content (AvgIpc) is 3.18. The van der Waals surface area contributed by atoms with Crippen molar-refractivity contribution in [3.63, 3.8) is 0 Å². The Labute approximate surface area is 172 Å². The Morgan fingerprint density at radius 1 is 1.00 bits per heavy atom. The number of phenols is 1. The Morgan fingerprint density at radius 2 is 1.69 bits per heavy atom. The van der Waals surface area contributed by atoms with Crippen molar-refractivity contribution in [1.29, 1.82) is 0 Å². The van der Waals surface area contributed by atoms with Gasteiger partial charge in [0.25, 0.3) is 0 Å². The second-order valence-corrected chi connectivity index (χ2v) is 6.82. The highest BCUT2D eigenvalue weighted by atomic mass is 35.5. The van der Waals surface area contributed by atoms with Gasteiger partial charge in [-0.1, -0.05) is 60.1 Å². The molecule has 0 amide bonds. The molecule has 1 aromatic heterocycles. The fourth-order valence-electron chi connectivity index (χ4n) is 2.97. The molecule has 5 nitrogen and oxygen atoms in total. The summed E-state index contributed by atoms with van der Waals surface area (Å²) in [5, 5.41) is 15.0. The molecule has 0 atom stereocenters. The molecular weight excluding hydrogens is 388 g/mol. The molecule has 1 N–H and O–H groups in total. The number of carbonyl (C=O) groups excluding carboxylic acids is 1. The van der Waals surface area contributed by atoms with Crippen molar-refractivity contribution in [3.8, 4) is 22.7 Å². The Balaban J connectivity index is 1.63. The summed E-state index contributed by atoms with van der Waals surface area (Å²) < 4.78 is 7.21. The molecule has 4 aromatic rings. The van der Waals surface area contributed by atoms with Crippen LogP contribution in [0, 0.1) is 0 Å². The number of nitrogens with zero attached hydrogens (tertiary/aromatic N) is 2. The predicted molar refractivity (Wildman–Crippen MR) is 111 cm³/mol. The van der Waals surface area contributed by atoms with Crippen molar-refractivity contribution in [2.24, 2.45) is 0 Å².